The van der Waals surface area contributed by atoms with Crippen LogP contribution in [0, 0.1) is 13.8 Å². The maximum atomic E-state index is 2.41. The second-order valence-corrected chi connectivity index (χ2v) is 5.86. The van der Waals surface area contributed by atoms with Crippen molar-refractivity contribution in [3.05, 3.63) is 58.1 Å². The molecule has 0 fully saturated rings. The van der Waals surface area contributed by atoms with Gasteiger partial charge in [0.15, 0.2) is 0 Å². The summed E-state index contributed by atoms with van der Waals surface area (Å²) in [5, 5.41) is 0. The van der Waals surface area contributed by atoms with Gasteiger partial charge >= 0.3 is 0 Å². The third kappa shape index (κ3) is 1.21. The largest absolute Gasteiger partial charge is 0.0587 e. The smallest absolute Gasteiger partial charge is 0.0105 e. The summed E-state index contributed by atoms with van der Waals surface area (Å²) in [5.74, 6) is 0.679. The minimum atomic E-state index is 0.679. The fraction of sp³-hybridized carbons (Fsp3) is 0.333. The van der Waals surface area contributed by atoms with Crippen LogP contribution in [0.3, 0.4) is 0 Å². The maximum absolute atomic E-state index is 2.41. The van der Waals surface area contributed by atoms with Gasteiger partial charge in [0, 0.05) is 5.92 Å². The molecule has 0 heterocycles. The number of benzene rings is 2. The Balaban J connectivity index is 2.07. The van der Waals surface area contributed by atoms with Gasteiger partial charge in [-0.05, 0) is 66.5 Å². The number of aryl methyl sites for hydroxylation is 2. The molecule has 0 amide bonds. The molecule has 2 aromatic rings. The molecule has 0 bridgehead atoms. The van der Waals surface area contributed by atoms with Crippen LogP contribution >= 0.6 is 0 Å². The number of rotatable bonds is 0. The van der Waals surface area contributed by atoms with Crippen LogP contribution in [0.5, 0.6) is 0 Å². The van der Waals surface area contributed by atoms with Crippen molar-refractivity contribution in [2.24, 2.45) is 0 Å². The monoisotopic (exact) mass is 234 g/mol. The van der Waals surface area contributed by atoms with Crippen LogP contribution in [0.1, 0.15) is 46.6 Å². The number of fused-ring (bicyclic) bond motifs is 3. The molecular weight excluding hydrogens is 216 g/mol. The summed E-state index contributed by atoms with van der Waals surface area (Å²) >= 11 is 0. The SMILES string of the molecule is Cc1ccc2c(c1)C1CCCc3c(C)ccc-2c31. The molecule has 90 valence electrons. The lowest BCUT2D eigenvalue weighted by molar-refractivity contribution is 0.624. The topological polar surface area (TPSA) is 0 Å². The van der Waals surface area contributed by atoms with Crippen molar-refractivity contribution in [2.75, 3.05) is 0 Å². The number of hydrogen-bond acceptors (Lipinski definition) is 0. The summed E-state index contributed by atoms with van der Waals surface area (Å²) in [6.45, 7) is 4.48. The van der Waals surface area contributed by atoms with Gasteiger partial charge in [0.2, 0.25) is 0 Å². The van der Waals surface area contributed by atoms with E-state index in [1.165, 1.54) is 41.5 Å². The first kappa shape index (κ1) is 10.4. The molecule has 0 aliphatic heterocycles. The first-order valence-corrected chi connectivity index (χ1v) is 6.99. The third-order valence-corrected chi connectivity index (χ3v) is 4.73. The zero-order chi connectivity index (χ0) is 12.3. The van der Waals surface area contributed by atoms with Crippen molar-refractivity contribution >= 4 is 0 Å². The van der Waals surface area contributed by atoms with Crippen LogP contribution in [0.2, 0.25) is 0 Å². The van der Waals surface area contributed by atoms with Gasteiger partial charge in [0.1, 0.15) is 0 Å². The first-order chi connectivity index (χ1) is 8.75. The first-order valence-electron chi connectivity index (χ1n) is 6.99. The van der Waals surface area contributed by atoms with E-state index in [0.29, 0.717) is 5.92 Å². The summed E-state index contributed by atoms with van der Waals surface area (Å²) < 4.78 is 0. The Morgan fingerprint density at radius 2 is 1.83 bits per heavy atom. The van der Waals surface area contributed by atoms with Gasteiger partial charge in [-0.15, -0.1) is 0 Å². The summed E-state index contributed by atoms with van der Waals surface area (Å²) in [6.07, 6.45) is 3.95. The molecule has 0 saturated heterocycles. The van der Waals surface area contributed by atoms with E-state index in [1.54, 1.807) is 16.7 Å². The van der Waals surface area contributed by atoms with Gasteiger partial charge < -0.3 is 0 Å². The molecule has 0 aromatic heterocycles. The van der Waals surface area contributed by atoms with Crippen molar-refractivity contribution in [2.45, 2.75) is 39.0 Å². The van der Waals surface area contributed by atoms with E-state index < -0.39 is 0 Å². The van der Waals surface area contributed by atoms with Crippen molar-refractivity contribution in [1.29, 1.82) is 0 Å². The summed E-state index contributed by atoms with van der Waals surface area (Å²) in [6, 6.07) is 11.6. The second-order valence-electron chi connectivity index (χ2n) is 5.86. The highest BCUT2D eigenvalue weighted by molar-refractivity contribution is 5.81. The molecule has 18 heavy (non-hydrogen) atoms. The summed E-state index contributed by atoms with van der Waals surface area (Å²) in [5.41, 5.74) is 10.8. The normalized spacial score (nSPS) is 19.6. The number of hydrogen-bond donors (Lipinski definition) is 0. The Morgan fingerprint density at radius 1 is 1.00 bits per heavy atom. The standard InChI is InChI=1S/C18H18/c1-11-6-8-14-16-9-7-12(2)13-4-3-5-15(18(13)16)17(14)10-11/h6-10,15H,3-5H2,1-2H3. The quantitative estimate of drug-likeness (QED) is 0.617. The Kier molecular flexibility index (Phi) is 2.00. The van der Waals surface area contributed by atoms with Gasteiger partial charge in [-0.3, -0.25) is 0 Å². The molecule has 0 nitrogen and oxygen atoms in total. The van der Waals surface area contributed by atoms with E-state index in [2.05, 4.69) is 44.2 Å². The highest BCUT2D eigenvalue weighted by Gasteiger charge is 2.33. The van der Waals surface area contributed by atoms with E-state index in [-0.39, 0.29) is 0 Å². The average molecular weight is 234 g/mol. The predicted molar refractivity (Wildman–Crippen MR) is 76.1 cm³/mol. The molecular formula is C18H18. The molecule has 1 atom stereocenters. The van der Waals surface area contributed by atoms with Crippen LogP contribution in [-0.2, 0) is 6.42 Å². The molecule has 0 heteroatoms. The van der Waals surface area contributed by atoms with Gasteiger partial charge in [0.05, 0.1) is 0 Å². The van der Waals surface area contributed by atoms with Crippen LogP contribution in [0.25, 0.3) is 11.1 Å². The summed E-state index contributed by atoms with van der Waals surface area (Å²) in [7, 11) is 0. The van der Waals surface area contributed by atoms with E-state index in [9.17, 15) is 0 Å². The molecule has 4 rings (SSSR count). The minimum Gasteiger partial charge on any atom is -0.0587 e. The Labute approximate surface area is 109 Å². The molecule has 0 N–H and O–H groups in total. The molecule has 2 aromatic carbocycles. The van der Waals surface area contributed by atoms with Crippen LogP contribution in [0.4, 0.5) is 0 Å². The highest BCUT2D eigenvalue weighted by atomic mass is 14.4. The molecule has 2 aliphatic carbocycles. The molecule has 1 unspecified atom stereocenters. The fourth-order valence-electron chi connectivity index (χ4n) is 3.89. The lowest BCUT2D eigenvalue weighted by Crippen LogP contribution is -2.09. The van der Waals surface area contributed by atoms with Crippen LogP contribution in [-0.4, -0.2) is 0 Å². The maximum Gasteiger partial charge on any atom is 0.0105 e. The van der Waals surface area contributed by atoms with E-state index >= 15 is 0 Å². The fourth-order valence-corrected chi connectivity index (χ4v) is 3.89. The Bertz CT molecular complexity index is 649. The average Bonchev–Trinajstić information content (AvgIpc) is 2.69. The Morgan fingerprint density at radius 3 is 2.72 bits per heavy atom. The molecule has 0 radical (unpaired) electrons. The third-order valence-electron chi connectivity index (χ3n) is 4.73. The molecule has 2 aliphatic rings. The van der Waals surface area contributed by atoms with Crippen molar-refractivity contribution in [3.8, 4) is 11.1 Å². The lowest BCUT2D eigenvalue weighted by Gasteiger charge is -2.24. The second kappa shape index (κ2) is 3.47. The van der Waals surface area contributed by atoms with Gasteiger partial charge in [-0.2, -0.15) is 0 Å². The van der Waals surface area contributed by atoms with E-state index in [0.717, 1.165) is 0 Å². The van der Waals surface area contributed by atoms with Crippen LogP contribution in [0.15, 0.2) is 30.3 Å². The predicted octanol–water partition coefficient (Wildman–Crippen LogP) is 4.75. The highest BCUT2D eigenvalue weighted by Crippen LogP contribution is 2.51. The van der Waals surface area contributed by atoms with Crippen molar-refractivity contribution in [3.63, 3.8) is 0 Å². The summed E-state index contributed by atoms with van der Waals surface area (Å²) in [4.78, 5) is 0. The van der Waals surface area contributed by atoms with Crippen LogP contribution < -0.4 is 0 Å². The van der Waals surface area contributed by atoms with Gasteiger partial charge in [-0.25, -0.2) is 0 Å². The molecule has 0 saturated carbocycles. The van der Waals surface area contributed by atoms with Gasteiger partial charge in [0.25, 0.3) is 0 Å². The van der Waals surface area contributed by atoms with Crippen molar-refractivity contribution < 1.29 is 0 Å². The van der Waals surface area contributed by atoms with E-state index in [4.69, 9.17) is 0 Å². The van der Waals surface area contributed by atoms with E-state index in [1.807, 2.05) is 0 Å². The minimum absolute atomic E-state index is 0.679. The molecule has 0 spiro atoms. The van der Waals surface area contributed by atoms with Gasteiger partial charge in [-0.1, -0.05) is 35.9 Å². The zero-order valence-corrected chi connectivity index (χ0v) is 11.1. The van der Waals surface area contributed by atoms with Crippen molar-refractivity contribution in [1.82, 2.24) is 0 Å². The zero-order valence-electron chi connectivity index (χ0n) is 11.1. The lowest BCUT2D eigenvalue weighted by atomic mass is 9.80. The Hall–Kier alpha value is -1.56.